The lowest BCUT2D eigenvalue weighted by molar-refractivity contribution is -0.538. The first-order chi connectivity index (χ1) is 5.29. The van der Waals surface area contributed by atoms with E-state index >= 15 is 0 Å². The van der Waals surface area contributed by atoms with Gasteiger partial charge in [0, 0.05) is 6.07 Å². The van der Waals surface area contributed by atoms with Gasteiger partial charge in [-0.25, -0.2) is 5.53 Å². The van der Waals surface area contributed by atoms with Crippen LogP contribution in [0.2, 0.25) is 0 Å². The summed E-state index contributed by atoms with van der Waals surface area (Å²) >= 11 is 0. The van der Waals surface area contributed by atoms with E-state index in [4.69, 9.17) is 5.53 Å². The third-order valence-electron chi connectivity index (χ3n) is 1.69. The van der Waals surface area contributed by atoms with Crippen LogP contribution >= 0.6 is 0 Å². The highest BCUT2D eigenvalue weighted by atomic mass is 15.0. The third-order valence-corrected chi connectivity index (χ3v) is 1.69. The molecule has 0 saturated carbocycles. The molecule has 0 aliphatic carbocycles. The largest absolute Gasteiger partial charge is 0.314 e. The van der Waals surface area contributed by atoms with Gasteiger partial charge in [0.25, 0.3) is 0 Å². The summed E-state index contributed by atoms with van der Waals surface area (Å²) in [6.45, 7) is 1.96. The van der Waals surface area contributed by atoms with Crippen molar-refractivity contribution in [2.75, 3.05) is 7.05 Å². The first-order valence-electron chi connectivity index (χ1n) is 3.56. The summed E-state index contributed by atoms with van der Waals surface area (Å²) in [6.07, 6.45) is 0. The van der Waals surface area contributed by atoms with Crippen molar-refractivity contribution >= 4 is 11.4 Å². The molecule has 1 rings (SSSR count). The van der Waals surface area contributed by atoms with Crippen LogP contribution in [0.3, 0.4) is 0 Å². The van der Waals surface area contributed by atoms with Gasteiger partial charge in [-0.05, 0) is 12.5 Å². The second kappa shape index (κ2) is 3.25. The molecule has 0 amide bonds. The first-order valence-corrected chi connectivity index (χ1v) is 3.56. The molecule has 3 N–H and O–H groups in total. The van der Waals surface area contributed by atoms with E-state index in [-0.39, 0.29) is 0 Å². The Labute approximate surface area is 65.9 Å². The molecule has 0 aromatic heterocycles. The molecule has 58 valence electrons. The molecule has 1 aromatic rings. The molecule has 0 spiro atoms. The summed E-state index contributed by atoms with van der Waals surface area (Å²) < 4.78 is 0. The predicted octanol–water partition coefficient (Wildman–Crippen LogP) is 1.48. The van der Waals surface area contributed by atoms with Crippen molar-refractivity contribution in [3.05, 3.63) is 23.8 Å². The standard InChI is InChI=1S/C8H11N3/c1-6-4-3-5-7(10-2)8(6)11-9/h3-5,9-10H,1-2H3/p+1. The third kappa shape index (κ3) is 1.43. The van der Waals surface area contributed by atoms with Crippen LogP contribution in [0.4, 0.5) is 11.4 Å². The van der Waals surface area contributed by atoms with Crippen molar-refractivity contribution in [3.8, 4) is 0 Å². The number of hydrogen-bond acceptors (Lipinski definition) is 2. The highest BCUT2D eigenvalue weighted by Crippen LogP contribution is 2.24. The molecule has 1 aromatic carbocycles. The average Bonchev–Trinajstić information content (AvgIpc) is 2.04. The average molecular weight is 150 g/mol. The quantitative estimate of drug-likeness (QED) is 0.474. The lowest BCUT2D eigenvalue weighted by Gasteiger charge is -2.00. The molecule has 0 bridgehead atoms. The zero-order valence-corrected chi connectivity index (χ0v) is 6.76. The van der Waals surface area contributed by atoms with Crippen molar-refractivity contribution in [1.29, 1.82) is 5.53 Å². The smallest absolute Gasteiger partial charge is 0.157 e. The predicted molar refractivity (Wildman–Crippen MR) is 43.5 cm³/mol. The second-order valence-corrected chi connectivity index (χ2v) is 2.41. The van der Waals surface area contributed by atoms with Crippen LogP contribution in [0.25, 0.3) is 0 Å². The maximum absolute atomic E-state index is 6.93. The van der Waals surface area contributed by atoms with Crippen molar-refractivity contribution < 1.29 is 5.32 Å². The second-order valence-electron chi connectivity index (χ2n) is 2.41. The van der Waals surface area contributed by atoms with Crippen LogP contribution in [-0.4, -0.2) is 7.05 Å². The van der Waals surface area contributed by atoms with Gasteiger partial charge in [0.15, 0.2) is 5.69 Å². The number of nitrogens with one attached hydrogen (secondary N) is 1. The highest BCUT2D eigenvalue weighted by Gasteiger charge is 2.04. The van der Waals surface area contributed by atoms with Gasteiger partial charge in [-0.15, -0.1) is 0 Å². The number of aryl methyl sites for hydroxylation is 1. The van der Waals surface area contributed by atoms with Gasteiger partial charge in [-0.3, -0.25) is 0 Å². The molecule has 0 unspecified atom stereocenters. The maximum Gasteiger partial charge on any atom is 0.157 e. The van der Waals surface area contributed by atoms with E-state index in [0.29, 0.717) is 0 Å². The van der Waals surface area contributed by atoms with Gasteiger partial charge in [-0.2, -0.15) is 5.11 Å². The number of rotatable bonds is 2. The monoisotopic (exact) mass is 150 g/mol. The summed E-state index contributed by atoms with van der Waals surface area (Å²) in [5.41, 5.74) is 9.79. The van der Waals surface area contributed by atoms with Gasteiger partial charge in [0.1, 0.15) is 5.69 Å². The van der Waals surface area contributed by atoms with E-state index < -0.39 is 0 Å². The molecular formula is C8H12N3+. The topological polar surface area (TPSA) is 52.8 Å². The van der Waals surface area contributed by atoms with Gasteiger partial charge in [0.05, 0.1) is 7.05 Å². The Bertz CT molecular complexity index is 268. The first kappa shape index (κ1) is 7.88. The molecule has 0 radical (unpaired) electrons. The fourth-order valence-corrected chi connectivity index (χ4v) is 1.07. The summed E-state index contributed by atoms with van der Waals surface area (Å²) in [5, 5.41) is 5.42. The van der Waals surface area contributed by atoms with Crippen LogP contribution in [-0.2, 0) is 0 Å². The lowest BCUT2D eigenvalue weighted by Crippen LogP contribution is -2.72. The van der Waals surface area contributed by atoms with E-state index in [1.165, 1.54) is 0 Å². The molecule has 0 aliphatic heterocycles. The van der Waals surface area contributed by atoms with E-state index in [1.807, 2.05) is 37.5 Å². The van der Waals surface area contributed by atoms with Gasteiger partial charge >= 0.3 is 0 Å². The van der Waals surface area contributed by atoms with E-state index in [9.17, 15) is 0 Å². The number of nitrogens with two attached hydrogens (primary N) is 1. The number of benzene rings is 1. The van der Waals surface area contributed by atoms with Crippen LogP contribution in [0.15, 0.2) is 23.3 Å². The Kier molecular flexibility index (Phi) is 2.33. The number of hydrogen-bond donors (Lipinski definition) is 2. The Morgan fingerprint density at radius 3 is 2.64 bits per heavy atom. The highest BCUT2D eigenvalue weighted by molar-refractivity contribution is 5.60. The zero-order valence-electron chi connectivity index (χ0n) is 6.76. The zero-order chi connectivity index (χ0) is 8.27. The molecule has 3 nitrogen and oxygen atoms in total. The van der Waals surface area contributed by atoms with Crippen LogP contribution in [0.1, 0.15) is 5.56 Å². The van der Waals surface area contributed by atoms with Gasteiger partial charge in [0.2, 0.25) is 0 Å². The Morgan fingerprint density at radius 2 is 2.18 bits per heavy atom. The van der Waals surface area contributed by atoms with Crippen molar-refractivity contribution in [1.82, 2.24) is 0 Å². The maximum atomic E-state index is 6.93. The number of para-hydroxylation sites is 1. The minimum atomic E-state index is 0.773. The minimum Gasteiger partial charge on any atom is -0.314 e. The molecule has 0 heterocycles. The minimum absolute atomic E-state index is 0.773. The van der Waals surface area contributed by atoms with E-state index in [1.54, 1.807) is 0 Å². The molecule has 0 atom stereocenters. The summed E-state index contributed by atoms with van der Waals surface area (Å²) in [6, 6.07) is 5.89. The normalized spacial score (nSPS) is 9.64. The Balaban J connectivity index is 3.24. The molecule has 0 saturated heterocycles. The fourth-order valence-electron chi connectivity index (χ4n) is 1.07. The van der Waals surface area contributed by atoms with Crippen LogP contribution in [0.5, 0.6) is 0 Å². The lowest BCUT2D eigenvalue weighted by atomic mass is 10.2. The number of quaternary nitrogens is 1. The molecule has 0 aliphatic rings. The van der Waals surface area contributed by atoms with Crippen molar-refractivity contribution in [3.63, 3.8) is 0 Å². The number of nitrogens with zero attached hydrogens (tertiary/aromatic N) is 1. The van der Waals surface area contributed by atoms with Crippen molar-refractivity contribution in [2.24, 2.45) is 5.11 Å². The summed E-state index contributed by atoms with van der Waals surface area (Å²) in [5.74, 6) is 0. The van der Waals surface area contributed by atoms with Crippen LogP contribution < -0.4 is 5.32 Å². The summed E-state index contributed by atoms with van der Waals surface area (Å²) in [7, 11) is 1.95. The van der Waals surface area contributed by atoms with Crippen LogP contribution in [0, 0.1) is 12.5 Å². The van der Waals surface area contributed by atoms with Crippen molar-refractivity contribution in [2.45, 2.75) is 6.92 Å². The molecular weight excluding hydrogens is 138 g/mol. The Hall–Kier alpha value is -1.22. The molecule has 0 fully saturated rings. The van der Waals surface area contributed by atoms with E-state index in [0.717, 1.165) is 16.9 Å². The van der Waals surface area contributed by atoms with E-state index in [2.05, 4.69) is 5.11 Å². The molecule has 3 heteroatoms. The van der Waals surface area contributed by atoms with Gasteiger partial charge < -0.3 is 5.32 Å². The fraction of sp³-hybridized carbons (Fsp3) is 0.250. The Morgan fingerprint density at radius 1 is 1.45 bits per heavy atom. The SMILES string of the molecule is C[NH2+]c1cccc(C)c1N=N. The summed E-state index contributed by atoms with van der Waals surface area (Å²) in [4.78, 5) is 0. The van der Waals surface area contributed by atoms with Gasteiger partial charge in [-0.1, -0.05) is 12.1 Å². The molecule has 11 heavy (non-hydrogen) atoms.